The van der Waals surface area contributed by atoms with E-state index in [4.69, 9.17) is 4.98 Å². The molecule has 4 aromatic rings. The van der Waals surface area contributed by atoms with Crippen molar-refractivity contribution in [1.82, 2.24) is 20.3 Å². The smallest absolute Gasteiger partial charge is 0.252 e. The minimum atomic E-state index is -0.201. The molecule has 0 radical (unpaired) electrons. The van der Waals surface area contributed by atoms with Crippen molar-refractivity contribution in [3.05, 3.63) is 90.5 Å². The third-order valence-corrected chi connectivity index (χ3v) is 4.40. The lowest BCUT2D eigenvalue weighted by Crippen LogP contribution is -2.27. The molecule has 0 fully saturated rings. The molecule has 132 valence electrons. The standard InChI is InChI=1S/C22H18N4O/c1-15(19-9-4-5-12-24-19)25-22(27)18-13-21(16-7-6-11-23-14-16)26-20-10-3-2-8-17(18)20/h2-15H,1H3,(H,25,27). The Morgan fingerprint density at radius 3 is 2.63 bits per heavy atom. The van der Waals surface area contributed by atoms with Gasteiger partial charge >= 0.3 is 0 Å². The van der Waals surface area contributed by atoms with E-state index >= 15 is 0 Å². The van der Waals surface area contributed by atoms with Crippen LogP contribution in [0.3, 0.4) is 0 Å². The number of nitrogens with zero attached hydrogens (tertiary/aromatic N) is 3. The van der Waals surface area contributed by atoms with Crippen molar-refractivity contribution < 1.29 is 4.79 Å². The van der Waals surface area contributed by atoms with Gasteiger partial charge in [0.1, 0.15) is 0 Å². The summed E-state index contributed by atoms with van der Waals surface area (Å²) in [6.45, 7) is 1.92. The van der Waals surface area contributed by atoms with Crippen LogP contribution in [0.4, 0.5) is 0 Å². The normalized spacial score (nSPS) is 11.9. The quantitative estimate of drug-likeness (QED) is 0.597. The fourth-order valence-corrected chi connectivity index (χ4v) is 3.01. The summed E-state index contributed by atoms with van der Waals surface area (Å²) in [7, 11) is 0. The Bertz CT molecular complexity index is 1080. The molecule has 0 saturated carbocycles. The summed E-state index contributed by atoms with van der Waals surface area (Å²) >= 11 is 0. The molecule has 0 aliphatic carbocycles. The van der Waals surface area contributed by atoms with E-state index in [-0.39, 0.29) is 11.9 Å². The highest BCUT2D eigenvalue weighted by atomic mass is 16.1. The molecule has 1 unspecified atom stereocenters. The maximum atomic E-state index is 13.0. The first-order chi connectivity index (χ1) is 13.2. The van der Waals surface area contributed by atoms with Crippen LogP contribution >= 0.6 is 0 Å². The van der Waals surface area contributed by atoms with E-state index in [2.05, 4.69) is 15.3 Å². The first-order valence-corrected chi connectivity index (χ1v) is 8.74. The van der Waals surface area contributed by atoms with Crippen molar-refractivity contribution in [2.45, 2.75) is 13.0 Å². The lowest BCUT2D eigenvalue weighted by molar-refractivity contribution is 0.0941. The third kappa shape index (κ3) is 3.53. The maximum Gasteiger partial charge on any atom is 0.252 e. The molecule has 4 rings (SSSR count). The van der Waals surface area contributed by atoms with E-state index in [1.165, 1.54) is 0 Å². The number of para-hydroxylation sites is 1. The van der Waals surface area contributed by atoms with Crippen LogP contribution in [0.15, 0.2) is 79.3 Å². The number of hydrogen-bond acceptors (Lipinski definition) is 4. The number of pyridine rings is 3. The van der Waals surface area contributed by atoms with Crippen LogP contribution in [-0.4, -0.2) is 20.9 Å². The van der Waals surface area contributed by atoms with Crippen LogP contribution in [0.2, 0.25) is 0 Å². The zero-order chi connectivity index (χ0) is 18.6. The lowest BCUT2D eigenvalue weighted by Gasteiger charge is -2.15. The topological polar surface area (TPSA) is 67.8 Å². The minimum Gasteiger partial charge on any atom is -0.344 e. The second kappa shape index (κ2) is 7.33. The van der Waals surface area contributed by atoms with Crippen molar-refractivity contribution >= 4 is 16.8 Å². The first-order valence-electron chi connectivity index (χ1n) is 8.74. The minimum absolute atomic E-state index is 0.156. The van der Waals surface area contributed by atoms with Gasteiger partial charge in [0.25, 0.3) is 5.91 Å². The van der Waals surface area contributed by atoms with Crippen LogP contribution in [0.1, 0.15) is 29.0 Å². The average molecular weight is 354 g/mol. The van der Waals surface area contributed by atoms with Crippen LogP contribution < -0.4 is 5.32 Å². The van der Waals surface area contributed by atoms with Gasteiger partial charge in [-0.15, -0.1) is 0 Å². The zero-order valence-electron chi connectivity index (χ0n) is 14.8. The molecule has 3 aromatic heterocycles. The summed E-state index contributed by atoms with van der Waals surface area (Å²) < 4.78 is 0. The molecule has 0 aliphatic rings. The summed E-state index contributed by atoms with van der Waals surface area (Å²) in [4.78, 5) is 26.2. The lowest BCUT2D eigenvalue weighted by atomic mass is 10.0. The first kappa shape index (κ1) is 16.8. The Morgan fingerprint density at radius 2 is 1.85 bits per heavy atom. The van der Waals surface area contributed by atoms with E-state index in [0.717, 1.165) is 27.9 Å². The predicted octanol–water partition coefficient (Wildman–Crippen LogP) is 4.18. The van der Waals surface area contributed by atoms with Crippen molar-refractivity contribution in [3.63, 3.8) is 0 Å². The molecule has 5 nitrogen and oxygen atoms in total. The van der Waals surface area contributed by atoms with Gasteiger partial charge in [0.2, 0.25) is 0 Å². The Kier molecular flexibility index (Phi) is 4.58. The second-order valence-electron chi connectivity index (χ2n) is 6.26. The van der Waals surface area contributed by atoms with Crippen LogP contribution in [-0.2, 0) is 0 Å². The number of carbonyl (C=O) groups excluding carboxylic acids is 1. The van der Waals surface area contributed by atoms with Crippen molar-refractivity contribution in [2.24, 2.45) is 0 Å². The van der Waals surface area contributed by atoms with Crippen molar-refractivity contribution in [1.29, 1.82) is 0 Å². The highest BCUT2D eigenvalue weighted by Crippen LogP contribution is 2.25. The molecule has 5 heteroatoms. The number of benzene rings is 1. The summed E-state index contributed by atoms with van der Waals surface area (Å²) in [6.07, 6.45) is 5.18. The van der Waals surface area contributed by atoms with Gasteiger partial charge in [0.05, 0.1) is 28.5 Å². The van der Waals surface area contributed by atoms with Gasteiger partial charge in [-0.25, -0.2) is 4.98 Å². The molecular weight excluding hydrogens is 336 g/mol. The van der Waals surface area contributed by atoms with Gasteiger partial charge in [-0.2, -0.15) is 0 Å². The molecule has 0 bridgehead atoms. The molecule has 0 spiro atoms. The molecule has 0 saturated heterocycles. The summed E-state index contributed by atoms with van der Waals surface area (Å²) in [5.74, 6) is -0.156. The van der Waals surface area contributed by atoms with Gasteiger partial charge in [0.15, 0.2) is 0 Å². The SMILES string of the molecule is CC(NC(=O)c1cc(-c2cccnc2)nc2ccccc12)c1ccccn1. The highest BCUT2D eigenvalue weighted by molar-refractivity contribution is 6.07. The number of rotatable bonds is 4. The molecule has 1 atom stereocenters. The number of fused-ring (bicyclic) bond motifs is 1. The van der Waals surface area contributed by atoms with Gasteiger partial charge in [-0.3, -0.25) is 14.8 Å². The largest absolute Gasteiger partial charge is 0.344 e. The number of hydrogen-bond donors (Lipinski definition) is 1. The van der Waals surface area contributed by atoms with Crippen LogP contribution in [0, 0.1) is 0 Å². The number of carbonyl (C=O) groups is 1. The second-order valence-corrected chi connectivity index (χ2v) is 6.26. The van der Waals surface area contributed by atoms with Crippen molar-refractivity contribution in [3.8, 4) is 11.3 Å². The maximum absolute atomic E-state index is 13.0. The molecule has 0 aliphatic heterocycles. The van der Waals surface area contributed by atoms with Gasteiger partial charge in [0, 0.05) is 29.5 Å². The molecular formula is C22H18N4O. The number of amides is 1. The number of nitrogens with one attached hydrogen (secondary N) is 1. The average Bonchev–Trinajstić information content (AvgIpc) is 2.74. The molecule has 1 N–H and O–H groups in total. The summed E-state index contributed by atoms with van der Waals surface area (Å²) in [6, 6.07) is 18.7. The Labute approximate surface area is 157 Å². The summed E-state index contributed by atoms with van der Waals surface area (Å²) in [5, 5.41) is 3.85. The fourth-order valence-electron chi connectivity index (χ4n) is 3.01. The number of aromatic nitrogens is 3. The predicted molar refractivity (Wildman–Crippen MR) is 105 cm³/mol. The third-order valence-electron chi connectivity index (χ3n) is 4.40. The van der Waals surface area contributed by atoms with E-state index in [1.54, 1.807) is 18.6 Å². The van der Waals surface area contributed by atoms with Crippen LogP contribution in [0.5, 0.6) is 0 Å². The Hall–Kier alpha value is -3.60. The van der Waals surface area contributed by atoms with Crippen molar-refractivity contribution in [2.75, 3.05) is 0 Å². The monoisotopic (exact) mass is 354 g/mol. The van der Waals surface area contributed by atoms with E-state index in [9.17, 15) is 4.79 Å². The van der Waals surface area contributed by atoms with E-state index in [1.807, 2.05) is 67.6 Å². The Morgan fingerprint density at radius 1 is 1.00 bits per heavy atom. The zero-order valence-corrected chi connectivity index (χ0v) is 14.8. The van der Waals surface area contributed by atoms with Gasteiger partial charge in [-0.05, 0) is 43.3 Å². The molecule has 1 amide bonds. The molecule has 1 aromatic carbocycles. The highest BCUT2D eigenvalue weighted by Gasteiger charge is 2.17. The Balaban J connectivity index is 1.74. The molecule has 3 heterocycles. The summed E-state index contributed by atoms with van der Waals surface area (Å²) in [5.41, 5.74) is 3.76. The van der Waals surface area contributed by atoms with Crippen LogP contribution in [0.25, 0.3) is 22.2 Å². The van der Waals surface area contributed by atoms with Gasteiger partial charge in [-0.1, -0.05) is 24.3 Å². The molecule has 27 heavy (non-hydrogen) atoms. The van der Waals surface area contributed by atoms with E-state index < -0.39 is 0 Å². The van der Waals surface area contributed by atoms with Gasteiger partial charge < -0.3 is 5.32 Å². The van der Waals surface area contributed by atoms with E-state index in [0.29, 0.717) is 5.56 Å². The fraction of sp³-hybridized carbons (Fsp3) is 0.0909.